The van der Waals surface area contributed by atoms with E-state index in [0.717, 1.165) is 57.3 Å². The first-order valence-corrected chi connectivity index (χ1v) is 21.0. The van der Waals surface area contributed by atoms with E-state index < -0.39 is 12.2 Å². The summed E-state index contributed by atoms with van der Waals surface area (Å²) in [7, 11) is 0. The minimum Gasteiger partial charge on any atom is -0.462 e. The summed E-state index contributed by atoms with van der Waals surface area (Å²) in [6, 6.07) is 0. The van der Waals surface area contributed by atoms with Crippen molar-refractivity contribution in [3.05, 3.63) is 36.5 Å². The number of carbonyl (C=O) groups excluding carboxylic acids is 3. The maximum absolute atomic E-state index is 12.3. The lowest BCUT2D eigenvalue weighted by Crippen LogP contribution is -2.28. The Balaban J connectivity index is 2.03. The van der Waals surface area contributed by atoms with Gasteiger partial charge in [-0.05, 0) is 50.0 Å². The molecule has 0 saturated heterocycles. The maximum Gasteiger partial charge on any atom is 0.306 e. The topological polar surface area (TPSA) is 110 Å². The molecule has 2 N–H and O–H groups in total. The Morgan fingerprint density at radius 1 is 0.765 bits per heavy atom. The van der Waals surface area contributed by atoms with Crippen molar-refractivity contribution in [2.75, 3.05) is 13.2 Å². The molecule has 0 fully saturated rings. The molecule has 7 nitrogen and oxygen atoms in total. The molecule has 0 aliphatic heterocycles. The van der Waals surface area contributed by atoms with E-state index in [2.05, 4.69) is 20.8 Å². The molecule has 0 bridgehead atoms. The van der Waals surface area contributed by atoms with Crippen molar-refractivity contribution in [3.8, 4) is 0 Å². The quantitative estimate of drug-likeness (QED) is 0.0387. The molecule has 0 aromatic rings. The average molecular weight is 717 g/mol. The first-order valence-electron chi connectivity index (χ1n) is 21.0. The highest BCUT2D eigenvalue weighted by Gasteiger charge is 2.27. The maximum atomic E-state index is 12.3. The fourth-order valence-electron chi connectivity index (χ4n) is 6.55. The fraction of sp³-hybridized carbons (Fsp3) is 0.795. The molecule has 4 atom stereocenters. The number of ether oxygens (including phenoxy) is 2. The van der Waals surface area contributed by atoms with E-state index in [0.29, 0.717) is 19.3 Å². The number of aliphatic hydroxyl groups excluding tert-OH is 2. The van der Waals surface area contributed by atoms with Crippen LogP contribution in [0.1, 0.15) is 181 Å². The third-order valence-corrected chi connectivity index (χ3v) is 9.86. The molecule has 0 spiro atoms. The van der Waals surface area contributed by atoms with Crippen molar-refractivity contribution in [1.82, 2.24) is 0 Å². The zero-order valence-electron chi connectivity index (χ0n) is 32.9. The molecular formula is C44H76O7. The second kappa shape index (κ2) is 32.4. The highest BCUT2D eigenvalue weighted by atomic mass is 16.6. The number of carbonyl (C=O) groups is 3. The predicted octanol–water partition coefficient (Wildman–Crippen LogP) is 10.7. The largest absolute Gasteiger partial charge is 0.462 e. The molecule has 0 heterocycles. The van der Waals surface area contributed by atoms with Gasteiger partial charge in [-0.2, -0.15) is 0 Å². The first kappa shape index (κ1) is 46.8. The first-order chi connectivity index (χ1) is 24.8. The summed E-state index contributed by atoms with van der Waals surface area (Å²) >= 11 is 0. The van der Waals surface area contributed by atoms with Crippen LogP contribution in [-0.4, -0.2) is 53.4 Å². The summed E-state index contributed by atoms with van der Waals surface area (Å²) in [6.07, 6.45) is 36.9. The minimum atomic E-state index is -0.835. The molecule has 0 amide bonds. The lowest BCUT2D eigenvalue weighted by molar-refractivity contribution is -0.161. The summed E-state index contributed by atoms with van der Waals surface area (Å²) in [6.45, 7) is 6.23. The van der Waals surface area contributed by atoms with Crippen molar-refractivity contribution in [2.24, 2.45) is 17.8 Å². The van der Waals surface area contributed by atoms with Gasteiger partial charge in [0.1, 0.15) is 6.61 Å². The van der Waals surface area contributed by atoms with Gasteiger partial charge >= 0.3 is 11.9 Å². The SMILES string of the molecule is CCCCC[C@H](O)/C=C/[C@H]1C(=O)C=C[C@@H]1C/C=C\CCCC(=O)OC[C@H](CO)OC(=O)CCCCCCCCCCCCCCCCCC(C)C. The van der Waals surface area contributed by atoms with Crippen LogP contribution in [0, 0.1) is 17.8 Å². The van der Waals surface area contributed by atoms with Crippen LogP contribution >= 0.6 is 0 Å². The van der Waals surface area contributed by atoms with Gasteiger partial charge in [0.2, 0.25) is 0 Å². The number of hydrogen-bond donors (Lipinski definition) is 2. The summed E-state index contributed by atoms with van der Waals surface area (Å²) < 4.78 is 10.6. The molecule has 0 radical (unpaired) electrons. The van der Waals surface area contributed by atoms with Crippen LogP contribution < -0.4 is 0 Å². The van der Waals surface area contributed by atoms with E-state index in [1.54, 1.807) is 12.2 Å². The van der Waals surface area contributed by atoms with E-state index in [-0.39, 0.29) is 49.2 Å². The predicted molar refractivity (Wildman–Crippen MR) is 209 cm³/mol. The number of allylic oxidation sites excluding steroid dienone is 5. The second-order valence-electron chi connectivity index (χ2n) is 15.2. The standard InChI is InChI=1S/C44H76O7/c1-4-5-21-28-39(46)32-33-41-38(31-34-42(41)47)27-23-19-20-24-29-43(48)50-36-40(35-45)51-44(49)30-25-18-16-14-12-10-8-6-7-9-11-13-15-17-22-26-37(2)3/h19,23,31-34,37-41,45-46H,4-18,20-22,24-30,35-36H2,1-3H3/b23-19-,33-32+/t38-,39-,40-,41+/m0/s1. The average Bonchev–Trinajstić information content (AvgIpc) is 3.46. The van der Waals surface area contributed by atoms with Crippen molar-refractivity contribution >= 4 is 17.7 Å². The molecule has 51 heavy (non-hydrogen) atoms. The van der Waals surface area contributed by atoms with Gasteiger partial charge in [0, 0.05) is 18.8 Å². The summed E-state index contributed by atoms with van der Waals surface area (Å²) in [5, 5.41) is 19.8. The molecule has 1 aliphatic carbocycles. The van der Waals surface area contributed by atoms with Crippen LogP contribution in [0.5, 0.6) is 0 Å². The van der Waals surface area contributed by atoms with Crippen molar-refractivity contribution in [2.45, 2.75) is 193 Å². The zero-order valence-corrected chi connectivity index (χ0v) is 32.9. The molecule has 0 aromatic heterocycles. The van der Waals surface area contributed by atoms with Crippen LogP contribution in [0.15, 0.2) is 36.5 Å². The Labute approximate surface area is 312 Å². The number of unbranched alkanes of at least 4 members (excludes halogenated alkanes) is 17. The van der Waals surface area contributed by atoms with Gasteiger partial charge in [-0.3, -0.25) is 14.4 Å². The highest BCUT2D eigenvalue weighted by Crippen LogP contribution is 2.27. The van der Waals surface area contributed by atoms with E-state index in [4.69, 9.17) is 9.47 Å². The van der Waals surface area contributed by atoms with Gasteiger partial charge in [-0.1, -0.05) is 167 Å². The van der Waals surface area contributed by atoms with Gasteiger partial charge in [0.15, 0.2) is 11.9 Å². The molecule has 294 valence electrons. The van der Waals surface area contributed by atoms with Crippen LogP contribution in [0.25, 0.3) is 0 Å². The van der Waals surface area contributed by atoms with Crippen molar-refractivity contribution in [1.29, 1.82) is 0 Å². The van der Waals surface area contributed by atoms with E-state index in [1.807, 2.05) is 24.3 Å². The third-order valence-electron chi connectivity index (χ3n) is 9.86. The van der Waals surface area contributed by atoms with E-state index >= 15 is 0 Å². The lowest BCUT2D eigenvalue weighted by atomic mass is 9.90. The minimum absolute atomic E-state index is 0.0743. The Hall–Kier alpha value is -2.25. The van der Waals surface area contributed by atoms with Gasteiger partial charge in [0.05, 0.1) is 12.7 Å². The highest BCUT2D eigenvalue weighted by molar-refractivity contribution is 5.95. The Kier molecular flexibility index (Phi) is 29.7. The molecule has 0 unspecified atom stereocenters. The molecule has 1 rings (SSSR count). The molecule has 1 aliphatic rings. The third kappa shape index (κ3) is 27.1. The van der Waals surface area contributed by atoms with Gasteiger partial charge in [0.25, 0.3) is 0 Å². The molecule has 0 saturated carbocycles. The van der Waals surface area contributed by atoms with Crippen LogP contribution in [0.2, 0.25) is 0 Å². The van der Waals surface area contributed by atoms with Gasteiger partial charge in [-0.25, -0.2) is 0 Å². The number of rotatable bonds is 34. The summed E-state index contributed by atoms with van der Waals surface area (Å²) in [5.74, 6) is 0.0238. The van der Waals surface area contributed by atoms with E-state index in [9.17, 15) is 24.6 Å². The number of hydrogen-bond acceptors (Lipinski definition) is 7. The van der Waals surface area contributed by atoms with Crippen molar-refractivity contribution < 1.29 is 34.1 Å². The zero-order chi connectivity index (χ0) is 37.4. The Morgan fingerprint density at radius 3 is 1.92 bits per heavy atom. The number of esters is 2. The van der Waals surface area contributed by atoms with Crippen LogP contribution in [0.4, 0.5) is 0 Å². The van der Waals surface area contributed by atoms with Crippen LogP contribution in [-0.2, 0) is 23.9 Å². The normalized spacial score (nSPS) is 17.3. The number of aliphatic hydroxyl groups is 2. The smallest absolute Gasteiger partial charge is 0.306 e. The molecule has 0 aromatic carbocycles. The Morgan fingerprint density at radius 2 is 1.33 bits per heavy atom. The monoisotopic (exact) mass is 717 g/mol. The van der Waals surface area contributed by atoms with Crippen molar-refractivity contribution in [3.63, 3.8) is 0 Å². The van der Waals surface area contributed by atoms with Gasteiger partial charge in [-0.15, -0.1) is 0 Å². The molecular weight excluding hydrogens is 640 g/mol. The molecule has 7 heteroatoms. The Bertz CT molecular complexity index is 969. The number of ketones is 1. The summed E-state index contributed by atoms with van der Waals surface area (Å²) in [4.78, 5) is 36.7. The van der Waals surface area contributed by atoms with Crippen LogP contribution in [0.3, 0.4) is 0 Å². The van der Waals surface area contributed by atoms with Gasteiger partial charge < -0.3 is 19.7 Å². The fourth-order valence-corrected chi connectivity index (χ4v) is 6.55. The summed E-state index contributed by atoms with van der Waals surface area (Å²) in [5.41, 5.74) is 0. The lowest BCUT2D eigenvalue weighted by Gasteiger charge is -2.15. The second-order valence-corrected chi connectivity index (χ2v) is 15.2. The van der Waals surface area contributed by atoms with E-state index in [1.165, 1.54) is 83.5 Å².